The molecule has 0 radical (unpaired) electrons. The predicted octanol–water partition coefficient (Wildman–Crippen LogP) is 3.61. The van der Waals surface area contributed by atoms with Gasteiger partial charge in [-0.25, -0.2) is 0 Å². The van der Waals surface area contributed by atoms with Crippen molar-refractivity contribution in [3.63, 3.8) is 0 Å². The summed E-state index contributed by atoms with van der Waals surface area (Å²) >= 11 is 3.38. The van der Waals surface area contributed by atoms with Gasteiger partial charge in [-0.05, 0) is 37.3 Å². The molecule has 0 aliphatic heterocycles. The maximum absolute atomic E-state index is 12.4. The molecule has 0 aliphatic rings. The number of nitrogens with zero attached hydrogens (tertiary/aromatic N) is 4. The second-order valence-corrected chi connectivity index (χ2v) is 6.39. The SMILES string of the molecule is Cc1ccc(-c2nnn(C(C)C(=O)Nc3cccc(Br)c3)n2)cc1. The van der Waals surface area contributed by atoms with E-state index < -0.39 is 6.04 Å². The van der Waals surface area contributed by atoms with Crippen LogP contribution in [0.1, 0.15) is 18.5 Å². The van der Waals surface area contributed by atoms with Gasteiger partial charge >= 0.3 is 0 Å². The van der Waals surface area contributed by atoms with Crippen LogP contribution in [0.4, 0.5) is 5.69 Å². The van der Waals surface area contributed by atoms with Crippen molar-refractivity contribution in [1.29, 1.82) is 0 Å². The Labute approximate surface area is 148 Å². The molecular weight excluding hydrogens is 370 g/mol. The van der Waals surface area contributed by atoms with Gasteiger partial charge in [0.25, 0.3) is 5.91 Å². The van der Waals surface area contributed by atoms with E-state index in [2.05, 4.69) is 36.7 Å². The third kappa shape index (κ3) is 3.68. The van der Waals surface area contributed by atoms with Gasteiger partial charge < -0.3 is 5.32 Å². The number of aryl methyl sites for hydroxylation is 1. The molecule has 0 aliphatic carbocycles. The van der Waals surface area contributed by atoms with E-state index in [-0.39, 0.29) is 5.91 Å². The van der Waals surface area contributed by atoms with Crippen molar-refractivity contribution in [3.05, 3.63) is 58.6 Å². The molecule has 0 fully saturated rings. The molecular formula is C17H16BrN5O. The average Bonchev–Trinajstić information content (AvgIpc) is 3.04. The number of halogens is 1. The number of hydrogen-bond donors (Lipinski definition) is 1. The second-order valence-electron chi connectivity index (χ2n) is 5.48. The standard InChI is InChI=1S/C17H16BrN5O/c1-11-6-8-13(9-7-11)16-20-22-23(21-16)12(2)17(24)19-15-5-3-4-14(18)10-15/h3-10,12H,1-2H3,(H,19,24). The lowest BCUT2D eigenvalue weighted by molar-refractivity contribution is -0.119. The quantitative estimate of drug-likeness (QED) is 0.744. The first-order valence-electron chi connectivity index (χ1n) is 7.46. The van der Waals surface area contributed by atoms with Crippen molar-refractivity contribution in [3.8, 4) is 11.4 Å². The highest BCUT2D eigenvalue weighted by atomic mass is 79.9. The van der Waals surface area contributed by atoms with E-state index in [4.69, 9.17) is 0 Å². The lowest BCUT2D eigenvalue weighted by atomic mass is 10.1. The number of hydrogen-bond acceptors (Lipinski definition) is 4. The summed E-state index contributed by atoms with van der Waals surface area (Å²) in [6.45, 7) is 3.75. The van der Waals surface area contributed by atoms with E-state index in [0.717, 1.165) is 15.6 Å². The fourth-order valence-electron chi connectivity index (χ4n) is 2.13. The monoisotopic (exact) mass is 385 g/mol. The molecule has 1 N–H and O–H groups in total. The van der Waals surface area contributed by atoms with Crippen molar-refractivity contribution in [2.24, 2.45) is 0 Å². The van der Waals surface area contributed by atoms with Crippen LogP contribution in [0.25, 0.3) is 11.4 Å². The van der Waals surface area contributed by atoms with Crippen molar-refractivity contribution in [2.45, 2.75) is 19.9 Å². The third-order valence-corrected chi connectivity index (χ3v) is 4.05. The number of carbonyl (C=O) groups excluding carboxylic acids is 1. The number of aromatic nitrogens is 4. The van der Waals surface area contributed by atoms with Crippen LogP contribution >= 0.6 is 15.9 Å². The number of amides is 1. The van der Waals surface area contributed by atoms with Crippen LogP contribution < -0.4 is 5.32 Å². The van der Waals surface area contributed by atoms with Gasteiger partial charge in [-0.3, -0.25) is 4.79 Å². The third-order valence-electron chi connectivity index (χ3n) is 3.56. The number of anilines is 1. The highest BCUT2D eigenvalue weighted by Gasteiger charge is 2.19. The molecule has 0 saturated carbocycles. The largest absolute Gasteiger partial charge is 0.324 e. The van der Waals surface area contributed by atoms with Crippen LogP contribution in [0.2, 0.25) is 0 Å². The summed E-state index contributed by atoms with van der Waals surface area (Å²) in [5, 5.41) is 15.2. The van der Waals surface area contributed by atoms with Crippen molar-refractivity contribution < 1.29 is 4.79 Å². The van der Waals surface area contributed by atoms with Crippen LogP contribution in [-0.2, 0) is 4.79 Å². The number of tetrazole rings is 1. The molecule has 0 bridgehead atoms. The van der Waals surface area contributed by atoms with Crippen LogP contribution in [0.15, 0.2) is 53.0 Å². The first kappa shape index (κ1) is 16.3. The summed E-state index contributed by atoms with van der Waals surface area (Å²) in [4.78, 5) is 13.7. The molecule has 3 aromatic rings. The van der Waals surface area contributed by atoms with E-state index in [1.165, 1.54) is 4.80 Å². The van der Waals surface area contributed by atoms with Gasteiger partial charge in [-0.1, -0.05) is 51.8 Å². The fraction of sp³-hybridized carbons (Fsp3) is 0.176. The first-order chi connectivity index (χ1) is 11.5. The Kier molecular flexibility index (Phi) is 4.71. The Balaban J connectivity index is 1.74. The zero-order valence-electron chi connectivity index (χ0n) is 13.3. The summed E-state index contributed by atoms with van der Waals surface area (Å²) in [5.41, 5.74) is 2.74. The van der Waals surface area contributed by atoms with Crippen molar-refractivity contribution >= 4 is 27.5 Å². The topological polar surface area (TPSA) is 72.7 Å². The summed E-state index contributed by atoms with van der Waals surface area (Å²) < 4.78 is 0.897. The van der Waals surface area contributed by atoms with E-state index in [1.54, 1.807) is 6.92 Å². The van der Waals surface area contributed by atoms with Crippen molar-refractivity contribution in [2.75, 3.05) is 5.32 Å². The maximum atomic E-state index is 12.4. The molecule has 0 spiro atoms. The summed E-state index contributed by atoms with van der Waals surface area (Å²) in [6, 6.07) is 14.7. The van der Waals surface area contributed by atoms with Gasteiger partial charge in [-0.15, -0.1) is 10.2 Å². The molecule has 0 saturated heterocycles. The molecule has 1 atom stereocenters. The molecule has 7 heteroatoms. The highest BCUT2D eigenvalue weighted by Crippen LogP contribution is 2.18. The normalized spacial score (nSPS) is 12.0. The van der Waals surface area contributed by atoms with Crippen LogP contribution in [0, 0.1) is 6.92 Å². The van der Waals surface area contributed by atoms with Gasteiger partial charge in [0, 0.05) is 15.7 Å². The number of carbonyl (C=O) groups is 1. The minimum Gasteiger partial charge on any atom is -0.324 e. The Morgan fingerprint density at radius 2 is 1.96 bits per heavy atom. The van der Waals surface area contributed by atoms with Gasteiger partial charge in [-0.2, -0.15) is 4.80 Å². The highest BCUT2D eigenvalue weighted by molar-refractivity contribution is 9.10. The van der Waals surface area contributed by atoms with Gasteiger partial charge in [0.1, 0.15) is 6.04 Å². The van der Waals surface area contributed by atoms with E-state index in [0.29, 0.717) is 11.5 Å². The molecule has 24 heavy (non-hydrogen) atoms. The fourth-order valence-corrected chi connectivity index (χ4v) is 2.52. The maximum Gasteiger partial charge on any atom is 0.250 e. The number of benzene rings is 2. The molecule has 122 valence electrons. The average molecular weight is 386 g/mol. The zero-order chi connectivity index (χ0) is 17.1. The molecule has 1 heterocycles. The lowest BCUT2D eigenvalue weighted by Crippen LogP contribution is -2.25. The summed E-state index contributed by atoms with van der Waals surface area (Å²) in [7, 11) is 0. The Bertz CT molecular complexity index is 859. The molecule has 3 rings (SSSR count). The van der Waals surface area contributed by atoms with Crippen LogP contribution in [0.5, 0.6) is 0 Å². The van der Waals surface area contributed by atoms with Gasteiger partial charge in [0.15, 0.2) is 0 Å². The van der Waals surface area contributed by atoms with Crippen LogP contribution in [-0.4, -0.2) is 26.1 Å². The summed E-state index contributed by atoms with van der Waals surface area (Å²) in [6.07, 6.45) is 0. The summed E-state index contributed by atoms with van der Waals surface area (Å²) in [5.74, 6) is 0.290. The predicted molar refractivity (Wildman–Crippen MR) is 95.5 cm³/mol. The van der Waals surface area contributed by atoms with E-state index in [9.17, 15) is 4.79 Å². The second kappa shape index (κ2) is 6.92. The Hall–Kier alpha value is -2.54. The smallest absolute Gasteiger partial charge is 0.250 e. The lowest BCUT2D eigenvalue weighted by Gasteiger charge is -2.10. The van der Waals surface area contributed by atoms with Gasteiger partial charge in [0.2, 0.25) is 5.82 Å². The van der Waals surface area contributed by atoms with Crippen LogP contribution in [0.3, 0.4) is 0 Å². The number of rotatable bonds is 4. The van der Waals surface area contributed by atoms with E-state index in [1.807, 2.05) is 55.5 Å². The van der Waals surface area contributed by atoms with Crippen molar-refractivity contribution in [1.82, 2.24) is 20.2 Å². The molecule has 2 aromatic carbocycles. The number of nitrogens with one attached hydrogen (secondary N) is 1. The molecule has 1 unspecified atom stereocenters. The van der Waals surface area contributed by atoms with Gasteiger partial charge in [0.05, 0.1) is 0 Å². The minimum absolute atomic E-state index is 0.207. The Morgan fingerprint density at radius 3 is 2.67 bits per heavy atom. The zero-order valence-corrected chi connectivity index (χ0v) is 14.9. The Morgan fingerprint density at radius 1 is 1.21 bits per heavy atom. The minimum atomic E-state index is -0.573. The first-order valence-corrected chi connectivity index (χ1v) is 8.25. The molecule has 1 amide bonds. The van der Waals surface area contributed by atoms with E-state index >= 15 is 0 Å². The molecule has 1 aromatic heterocycles. The molecule has 6 nitrogen and oxygen atoms in total.